The second-order valence-corrected chi connectivity index (χ2v) is 7.10. The molecule has 1 aliphatic rings. The van der Waals surface area contributed by atoms with E-state index in [0.29, 0.717) is 17.2 Å². The van der Waals surface area contributed by atoms with E-state index in [-0.39, 0.29) is 0 Å². The van der Waals surface area contributed by atoms with Crippen molar-refractivity contribution >= 4 is 23.0 Å². The average Bonchev–Trinajstić information content (AvgIpc) is 3.02. The first-order valence-electron chi connectivity index (χ1n) is 7.97. The van der Waals surface area contributed by atoms with Crippen LogP contribution in [0.5, 0.6) is 11.5 Å². The van der Waals surface area contributed by atoms with Gasteiger partial charge in [0.15, 0.2) is 0 Å². The van der Waals surface area contributed by atoms with Crippen LogP contribution in [-0.2, 0) is 12.8 Å². The number of thiazole rings is 1. The molecule has 0 amide bonds. The van der Waals surface area contributed by atoms with Crippen molar-refractivity contribution < 1.29 is 9.47 Å². The van der Waals surface area contributed by atoms with Gasteiger partial charge < -0.3 is 9.47 Å². The standard InChI is InChI=1S/C19H20N2O2S/c1-12-4-6-16-18(8-12)24-19(21-16)14(11-20)9-13-10-15(22-2)5-7-17(13)23-3/h5,7,9-10,12H,4,6,8H2,1-3H3/b14-9+/t12-/m0/s1. The maximum Gasteiger partial charge on any atom is 0.134 e. The Bertz CT molecular complexity index is 817. The predicted octanol–water partition coefficient (Wildman–Crippen LogP) is 4.35. The first-order valence-corrected chi connectivity index (χ1v) is 8.79. The first-order chi connectivity index (χ1) is 11.6. The minimum Gasteiger partial charge on any atom is -0.497 e. The van der Waals surface area contributed by atoms with Crippen molar-refractivity contribution in [2.24, 2.45) is 5.92 Å². The van der Waals surface area contributed by atoms with Crippen molar-refractivity contribution in [1.82, 2.24) is 4.98 Å². The third-order valence-electron chi connectivity index (χ3n) is 4.27. The van der Waals surface area contributed by atoms with E-state index in [1.165, 1.54) is 11.3 Å². The lowest BCUT2D eigenvalue weighted by Gasteiger charge is -2.15. The van der Waals surface area contributed by atoms with Crippen LogP contribution in [-0.4, -0.2) is 19.2 Å². The van der Waals surface area contributed by atoms with Crippen molar-refractivity contribution in [2.45, 2.75) is 26.2 Å². The zero-order valence-electron chi connectivity index (χ0n) is 14.1. The van der Waals surface area contributed by atoms with Gasteiger partial charge in [-0.1, -0.05) is 6.92 Å². The third kappa shape index (κ3) is 3.29. The van der Waals surface area contributed by atoms with Gasteiger partial charge in [0.2, 0.25) is 0 Å². The molecule has 24 heavy (non-hydrogen) atoms. The number of hydrogen-bond acceptors (Lipinski definition) is 5. The Morgan fingerprint density at radius 3 is 2.92 bits per heavy atom. The number of fused-ring (bicyclic) bond motifs is 1. The molecule has 0 unspecified atom stereocenters. The summed E-state index contributed by atoms with van der Waals surface area (Å²) in [6.07, 6.45) is 5.07. The van der Waals surface area contributed by atoms with Crippen molar-refractivity contribution in [3.05, 3.63) is 39.3 Å². The van der Waals surface area contributed by atoms with Crippen molar-refractivity contribution in [3.8, 4) is 17.6 Å². The Balaban J connectivity index is 2.00. The Morgan fingerprint density at radius 1 is 1.38 bits per heavy atom. The van der Waals surface area contributed by atoms with Gasteiger partial charge in [-0.25, -0.2) is 4.98 Å². The number of methoxy groups -OCH3 is 2. The lowest BCUT2D eigenvalue weighted by atomic mass is 9.93. The van der Waals surface area contributed by atoms with Crippen molar-refractivity contribution in [3.63, 3.8) is 0 Å². The monoisotopic (exact) mass is 340 g/mol. The third-order valence-corrected chi connectivity index (χ3v) is 5.43. The van der Waals surface area contributed by atoms with Crippen LogP contribution >= 0.6 is 11.3 Å². The zero-order chi connectivity index (χ0) is 17.1. The zero-order valence-corrected chi connectivity index (χ0v) is 14.9. The summed E-state index contributed by atoms with van der Waals surface area (Å²) in [5.74, 6) is 2.13. The molecule has 0 saturated heterocycles. The van der Waals surface area contributed by atoms with Gasteiger partial charge in [-0.05, 0) is 49.5 Å². The van der Waals surface area contributed by atoms with Crippen LogP contribution in [0.3, 0.4) is 0 Å². The number of nitriles is 1. The van der Waals surface area contributed by atoms with Crippen LogP contribution < -0.4 is 9.47 Å². The first kappa shape index (κ1) is 16.5. The van der Waals surface area contributed by atoms with Crippen LogP contribution in [0, 0.1) is 17.2 Å². The molecule has 0 N–H and O–H groups in total. The molecule has 1 heterocycles. The molecule has 0 spiro atoms. The second kappa shape index (κ2) is 7.06. The number of aromatic nitrogens is 1. The maximum atomic E-state index is 9.62. The molecule has 1 aliphatic carbocycles. The number of nitrogens with zero attached hydrogens (tertiary/aromatic N) is 2. The number of allylic oxidation sites excluding steroid dienone is 1. The van der Waals surface area contributed by atoms with Gasteiger partial charge >= 0.3 is 0 Å². The van der Waals surface area contributed by atoms with Gasteiger partial charge in [-0.3, -0.25) is 0 Å². The molecule has 0 aliphatic heterocycles. The highest BCUT2D eigenvalue weighted by atomic mass is 32.1. The normalized spacial score (nSPS) is 17.1. The minimum absolute atomic E-state index is 0.564. The van der Waals surface area contributed by atoms with Crippen molar-refractivity contribution in [2.75, 3.05) is 14.2 Å². The highest BCUT2D eigenvalue weighted by Gasteiger charge is 2.21. The Kier molecular flexibility index (Phi) is 4.86. The Labute approximate surface area is 146 Å². The minimum atomic E-state index is 0.564. The summed E-state index contributed by atoms with van der Waals surface area (Å²) in [6, 6.07) is 7.84. The quantitative estimate of drug-likeness (QED) is 0.777. The molecule has 1 aromatic heterocycles. The number of hydrogen-bond donors (Lipinski definition) is 0. The molecule has 3 rings (SSSR count). The van der Waals surface area contributed by atoms with Crippen LogP contribution in [0.1, 0.15) is 34.5 Å². The van der Waals surface area contributed by atoms with Gasteiger partial charge in [0.05, 0.1) is 25.5 Å². The number of benzene rings is 1. The molecule has 1 aromatic carbocycles. The van der Waals surface area contributed by atoms with Crippen molar-refractivity contribution in [1.29, 1.82) is 5.26 Å². The smallest absolute Gasteiger partial charge is 0.134 e. The van der Waals surface area contributed by atoms with Crippen LogP contribution in [0.2, 0.25) is 0 Å². The molecule has 0 fully saturated rings. The predicted molar refractivity (Wildman–Crippen MR) is 96.3 cm³/mol. The molecular weight excluding hydrogens is 320 g/mol. The fourth-order valence-electron chi connectivity index (χ4n) is 2.90. The number of ether oxygens (including phenoxy) is 2. The highest BCUT2D eigenvalue weighted by molar-refractivity contribution is 7.13. The van der Waals surface area contributed by atoms with Crippen LogP contribution in [0.25, 0.3) is 11.6 Å². The Morgan fingerprint density at radius 2 is 2.21 bits per heavy atom. The lowest BCUT2D eigenvalue weighted by Crippen LogP contribution is -2.09. The molecular formula is C19H20N2O2S. The van der Waals surface area contributed by atoms with E-state index in [0.717, 1.165) is 34.9 Å². The average molecular weight is 340 g/mol. The molecule has 0 radical (unpaired) electrons. The summed E-state index contributed by atoms with van der Waals surface area (Å²) in [7, 11) is 3.24. The molecule has 0 saturated carbocycles. The van der Waals surface area contributed by atoms with Gasteiger partial charge in [-0.2, -0.15) is 5.26 Å². The number of rotatable bonds is 4. The molecule has 4 nitrogen and oxygen atoms in total. The van der Waals surface area contributed by atoms with E-state index in [1.807, 2.05) is 24.3 Å². The summed E-state index contributed by atoms with van der Waals surface area (Å²) >= 11 is 1.64. The van der Waals surface area contributed by atoms with Crippen LogP contribution in [0.4, 0.5) is 0 Å². The summed E-state index contributed by atoms with van der Waals surface area (Å²) in [6.45, 7) is 2.27. The lowest BCUT2D eigenvalue weighted by molar-refractivity contribution is 0.402. The SMILES string of the molecule is COc1ccc(OC)c(/C=C(\C#N)c2nc3c(s2)C[C@@H](C)CC3)c1. The van der Waals surface area contributed by atoms with Gasteiger partial charge in [0, 0.05) is 10.4 Å². The Hall–Kier alpha value is -2.32. The highest BCUT2D eigenvalue weighted by Crippen LogP contribution is 2.34. The van der Waals surface area contributed by atoms with Gasteiger partial charge in [0.1, 0.15) is 22.6 Å². The fraction of sp³-hybridized carbons (Fsp3) is 0.368. The van der Waals surface area contributed by atoms with E-state index < -0.39 is 0 Å². The molecule has 2 aromatic rings. The largest absolute Gasteiger partial charge is 0.497 e. The molecule has 5 heteroatoms. The second-order valence-electron chi connectivity index (χ2n) is 6.01. The summed E-state index contributed by atoms with van der Waals surface area (Å²) in [4.78, 5) is 6.03. The van der Waals surface area contributed by atoms with E-state index in [2.05, 4.69) is 13.0 Å². The number of aryl methyl sites for hydroxylation is 1. The topological polar surface area (TPSA) is 55.1 Å². The van der Waals surface area contributed by atoms with E-state index in [9.17, 15) is 5.26 Å². The van der Waals surface area contributed by atoms with E-state index in [4.69, 9.17) is 14.5 Å². The summed E-state index contributed by atoms with van der Waals surface area (Å²) < 4.78 is 10.7. The summed E-state index contributed by atoms with van der Waals surface area (Å²) in [5, 5.41) is 10.4. The van der Waals surface area contributed by atoms with Gasteiger partial charge in [-0.15, -0.1) is 11.3 Å². The van der Waals surface area contributed by atoms with Gasteiger partial charge in [0.25, 0.3) is 0 Å². The van der Waals surface area contributed by atoms with E-state index >= 15 is 0 Å². The molecule has 0 bridgehead atoms. The maximum absolute atomic E-state index is 9.62. The van der Waals surface area contributed by atoms with E-state index in [1.54, 1.807) is 25.6 Å². The molecule has 1 atom stereocenters. The molecule has 124 valence electrons. The van der Waals surface area contributed by atoms with Crippen LogP contribution in [0.15, 0.2) is 18.2 Å². The summed E-state index contributed by atoms with van der Waals surface area (Å²) in [5.41, 5.74) is 2.54. The fourth-order valence-corrected chi connectivity index (χ4v) is 4.14.